The lowest BCUT2D eigenvalue weighted by Crippen LogP contribution is -2.41. The molecule has 1 atom stereocenters. The zero-order chi connectivity index (χ0) is 20.8. The molecule has 2 amide bonds. The molecule has 0 saturated heterocycles. The fourth-order valence-electron chi connectivity index (χ4n) is 3.81. The van der Waals surface area contributed by atoms with E-state index >= 15 is 0 Å². The van der Waals surface area contributed by atoms with Crippen LogP contribution in [0.25, 0.3) is 10.9 Å². The smallest absolute Gasteiger partial charge is 0.317 e. The molecule has 30 heavy (non-hydrogen) atoms. The summed E-state index contributed by atoms with van der Waals surface area (Å²) < 4.78 is 0. The third-order valence-corrected chi connectivity index (χ3v) is 5.45. The molecule has 0 radical (unpaired) electrons. The van der Waals surface area contributed by atoms with Crippen LogP contribution in [0.2, 0.25) is 0 Å². The fourth-order valence-corrected chi connectivity index (χ4v) is 3.81. The van der Waals surface area contributed by atoms with Gasteiger partial charge >= 0.3 is 6.03 Å². The lowest BCUT2D eigenvalue weighted by Gasteiger charge is -2.24. The van der Waals surface area contributed by atoms with Gasteiger partial charge < -0.3 is 15.2 Å². The number of benzene rings is 2. The minimum Gasteiger partial charge on any atom is -0.361 e. The van der Waals surface area contributed by atoms with Gasteiger partial charge in [-0.25, -0.2) is 4.79 Å². The highest BCUT2D eigenvalue weighted by atomic mass is 16.2. The highest BCUT2D eigenvalue weighted by Gasteiger charge is 2.20. The van der Waals surface area contributed by atoms with E-state index in [0.29, 0.717) is 19.6 Å². The highest BCUT2D eigenvalue weighted by Crippen LogP contribution is 2.30. The van der Waals surface area contributed by atoms with Crippen LogP contribution in [-0.2, 0) is 6.54 Å². The van der Waals surface area contributed by atoms with Crippen molar-refractivity contribution in [3.8, 4) is 0 Å². The van der Waals surface area contributed by atoms with Crippen molar-refractivity contribution in [1.29, 1.82) is 0 Å². The first-order valence-corrected chi connectivity index (χ1v) is 10.3. The molecule has 0 aliphatic carbocycles. The van der Waals surface area contributed by atoms with Crippen molar-refractivity contribution in [3.05, 3.63) is 102 Å². The summed E-state index contributed by atoms with van der Waals surface area (Å²) in [6, 6.07) is 22.4. The number of hydrogen-bond donors (Lipinski definition) is 2. The number of amides is 2. The van der Waals surface area contributed by atoms with Gasteiger partial charge in [-0.05, 0) is 41.8 Å². The van der Waals surface area contributed by atoms with Crippen LogP contribution in [0.1, 0.15) is 29.5 Å². The lowest BCUT2D eigenvalue weighted by atomic mass is 9.91. The Bertz CT molecular complexity index is 1090. The second kappa shape index (κ2) is 9.27. The number of rotatable bonds is 7. The fraction of sp³-hybridized carbons (Fsp3) is 0.200. The molecule has 0 bridgehead atoms. The number of carbonyl (C=O) groups is 1. The van der Waals surface area contributed by atoms with Crippen molar-refractivity contribution in [3.63, 3.8) is 0 Å². The Hall–Kier alpha value is -3.60. The topological polar surface area (TPSA) is 61.0 Å². The van der Waals surface area contributed by atoms with Crippen LogP contribution in [0.5, 0.6) is 0 Å². The van der Waals surface area contributed by atoms with Crippen LogP contribution in [0.15, 0.2) is 85.3 Å². The average Bonchev–Trinajstić information content (AvgIpc) is 3.23. The molecule has 0 saturated carbocycles. The van der Waals surface area contributed by atoms with E-state index < -0.39 is 0 Å². The van der Waals surface area contributed by atoms with Gasteiger partial charge in [-0.3, -0.25) is 4.98 Å². The summed E-state index contributed by atoms with van der Waals surface area (Å²) in [5.41, 5.74) is 4.54. The van der Waals surface area contributed by atoms with Gasteiger partial charge in [0.05, 0.1) is 0 Å². The van der Waals surface area contributed by atoms with Gasteiger partial charge in [0.25, 0.3) is 0 Å². The van der Waals surface area contributed by atoms with Gasteiger partial charge in [0.15, 0.2) is 0 Å². The third kappa shape index (κ3) is 4.35. The number of pyridine rings is 1. The molecule has 152 valence electrons. The molecule has 2 N–H and O–H groups in total. The summed E-state index contributed by atoms with van der Waals surface area (Å²) in [5.74, 6) is 0.0610. The van der Waals surface area contributed by atoms with Gasteiger partial charge in [0.1, 0.15) is 0 Å². The predicted molar refractivity (Wildman–Crippen MR) is 120 cm³/mol. The van der Waals surface area contributed by atoms with Crippen molar-refractivity contribution in [2.75, 3.05) is 13.1 Å². The van der Waals surface area contributed by atoms with Gasteiger partial charge in [-0.1, -0.05) is 48.5 Å². The van der Waals surface area contributed by atoms with Crippen LogP contribution in [0.4, 0.5) is 4.79 Å². The molecular formula is C25H26N4O. The average molecular weight is 399 g/mol. The molecule has 4 aromatic rings. The van der Waals surface area contributed by atoms with Crippen molar-refractivity contribution in [2.45, 2.75) is 19.4 Å². The molecule has 0 fully saturated rings. The first-order chi connectivity index (χ1) is 14.8. The summed E-state index contributed by atoms with van der Waals surface area (Å²) in [5, 5.41) is 4.35. The molecule has 2 aromatic heterocycles. The lowest BCUT2D eigenvalue weighted by molar-refractivity contribution is 0.198. The van der Waals surface area contributed by atoms with E-state index in [1.807, 2.05) is 54.3 Å². The van der Waals surface area contributed by atoms with Crippen molar-refractivity contribution in [2.24, 2.45) is 0 Å². The SMILES string of the molecule is CCN(Cc1ccncc1)C(=O)NC[C@H](c1ccccc1)c1c[nH]c2ccccc12. The number of aromatic amines is 1. The van der Waals surface area contributed by atoms with Crippen LogP contribution in [-0.4, -0.2) is 34.0 Å². The Kier molecular flexibility index (Phi) is 6.09. The monoisotopic (exact) mass is 398 g/mol. The van der Waals surface area contributed by atoms with Crippen LogP contribution in [0, 0.1) is 0 Å². The van der Waals surface area contributed by atoms with Crippen molar-refractivity contribution < 1.29 is 4.79 Å². The Morgan fingerprint density at radius 3 is 2.53 bits per heavy atom. The van der Waals surface area contributed by atoms with Crippen LogP contribution < -0.4 is 5.32 Å². The van der Waals surface area contributed by atoms with E-state index in [2.05, 4.69) is 45.7 Å². The maximum absolute atomic E-state index is 12.9. The molecule has 5 nitrogen and oxygen atoms in total. The number of nitrogens with zero attached hydrogens (tertiary/aromatic N) is 2. The number of urea groups is 1. The first-order valence-electron chi connectivity index (χ1n) is 10.3. The Morgan fingerprint density at radius 1 is 1.03 bits per heavy atom. The number of fused-ring (bicyclic) bond motifs is 1. The number of para-hydroxylation sites is 1. The van der Waals surface area contributed by atoms with Gasteiger partial charge in [0.2, 0.25) is 0 Å². The minimum absolute atomic E-state index is 0.0601. The Labute approximate surface area is 176 Å². The predicted octanol–water partition coefficient (Wildman–Crippen LogP) is 4.93. The molecule has 0 spiro atoms. The zero-order valence-corrected chi connectivity index (χ0v) is 17.1. The summed E-state index contributed by atoms with van der Waals surface area (Å²) in [4.78, 5) is 22.2. The summed E-state index contributed by atoms with van der Waals surface area (Å²) in [7, 11) is 0. The minimum atomic E-state index is -0.0601. The van der Waals surface area contributed by atoms with Crippen molar-refractivity contribution >= 4 is 16.9 Å². The molecule has 0 aliphatic rings. The van der Waals surface area contributed by atoms with Crippen molar-refractivity contribution in [1.82, 2.24) is 20.2 Å². The summed E-state index contributed by atoms with van der Waals surface area (Å²) in [6.07, 6.45) is 5.57. The molecule has 2 aromatic carbocycles. The zero-order valence-electron chi connectivity index (χ0n) is 17.1. The van der Waals surface area contributed by atoms with Gasteiger partial charge in [0, 0.05) is 55.0 Å². The van der Waals surface area contributed by atoms with E-state index in [1.165, 1.54) is 16.5 Å². The van der Waals surface area contributed by atoms with E-state index in [1.54, 1.807) is 12.4 Å². The number of hydrogen-bond acceptors (Lipinski definition) is 2. The van der Waals surface area contributed by atoms with Crippen LogP contribution >= 0.6 is 0 Å². The Balaban J connectivity index is 1.54. The normalized spacial score (nSPS) is 11.9. The molecule has 0 unspecified atom stereocenters. The van der Waals surface area contributed by atoms with Crippen LogP contribution in [0.3, 0.4) is 0 Å². The number of aromatic nitrogens is 2. The third-order valence-electron chi connectivity index (χ3n) is 5.45. The van der Waals surface area contributed by atoms with E-state index in [4.69, 9.17) is 0 Å². The number of nitrogens with one attached hydrogen (secondary N) is 2. The molecule has 2 heterocycles. The van der Waals surface area contributed by atoms with E-state index in [0.717, 1.165) is 11.1 Å². The summed E-state index contributed by atoms with van der Waals surface area (Å²) in [6.45, 7) is 3.72. The van der Waals surface area contributed by atoms with Gasteiger partial charge in [-0.15, -0.1) is 0 Å². The standard InChI is InChI=1S/C25H26N4O/c1-2-29(18-19-12-14-26-15-13-19)25(30)28-16-22(20-8-4-3-5-9-20)23-17-27-24-11-7-6-10-21(23)24/h3-15,17,22,27H,2,16,18H2,1H3,(H,28,30)/t22-/m1/s1. The first kappa shape index (κ1) is 19.7. The molecule has 4 rings (SSSR count). The molecule has 0 aliphatic heterocycles. The second-order valence-electron chi connectivity index (χ2n) is 7.31. The second-order valence-corrected chi connectivity index (χ2v) is 7.31. The summed E-state index contributed by atoms with van der Waals surface area (Å²) >= 11 is 0. The maximum atomic E-state index is 12.9. The van der Waals surface area contributed by atoms with E-state index in [9.17, 15) is 4.79 Å². The maximum Gasteiger partial charge on any atom is 0.317 e. The number of H-pyrrole nitrogens is 1. The van der Waals surface area contributed by atoms with Gasteiger partial charge in [-0.2, -0.15) is 0 Å². The van der Waals surface area contributed by atoms with E-state index in [-0.39, 0.29) is 11.9 Å². The quantitative estimate of drug-likeness (QED) is 0.464. The largest absolute Gasteiger partial charge is 0.361 e. The highest BCUT2D eigenvalue weighted by molar-refractivity contribution is 5.84. The molecular weight excluding hydrogens is 372 g/mol. The Morgan fingerprint density at radius 2 is 1.77 bits per heavy atom. The molecule has 5 heteroatoms. The number of carbonyl (C=O) groups excluding carboxylic acids is 1.